The van der Waals surface area contributed by atoms with Gasteiger partial charge >= 0.3 is 0 Å². The Morgan fingerprint density at radius 3 is 2.58 bits per heavy atom. The van der Waals surface area contributed by atoms with E-state index in [0.717, 1.165) is 0 Å². The highest BCUT2D eigenvalue weighted by molar-refractivity contribution is 7.99. The number of nitrogens with zero attached hydrogens (tertiary/aromatic N) is 2. The van der Waals surface area contributed by atoms with Crippen LogP contribution < -0.4 is 5.56 Å². The van der Waals surface area contributed by atoms with E-state index in [1.165, 1.54) is 11.8 Å². The molecule has 0 N–H and O–H groups in total. The van der Waals surface area contributed by atoms with E-state index in [1.807, 2.05) is 34.6 Å². The lowest BCUT2D eigenvalue weighted by Gasteiger charge is -2.18. The lowest BCUT2D eigenvalue weighted by atomic mass is 9.92. The Balaban J connectivity index is 2.49. The molecule has 1 aromatic heterocycles. The minimum absolute atomic E-state index is 0.109. The average Bonchev–Trinajstić information content (AvgIpc) is 2.47. The Labute approximate surface area is 151 Å². The number of Topliss-reactive ketones (excluding diaryl/α,β-unsaturated/α-hetero) is 1. The zero-order valence-electron chi connectivity index (χ0n) is 14.7. The first-order chi connectivity index (χ1) is 11.1. The summed E-state index contributed by atoms with van der Waals surface area (Å²) in [7, 11) is 0. The van der Waals surface area contributed by atoms with Crippen molar-refractivity contribution in [2.75, 3.05) is 5.75 Å². The Hall–Kier alpha value is -1.33. The number of benzene rings is 1. The molecule has 1 aromatic carbocycles. The Kier molecular flexibility index (Phi) is 5.76. The molecule has 0 amide bonds. The van der Waals surface area contributed by atoms with Crippen LogP contribution in [-0.4, -0.2) is 21.1 Å². The van der Waals surface area contributed by atoms with Crippen LogP contribution in [0.25, 0.3) is 10.9 Å². The van der Waals surface area contributed by atoms with Crippen LogP contribution in [0.3, 0.4) is 0 Å². The minimum atomic E-state index is -0.402. The maximum atomic E-state index is 12.8. The second kappa shape index (κ2) is 7.28. The predicted octanol–water partition coefficient (Wildman–Crippen LogP) is 4.41. The number of aromatic nitrogens is 2. The summed E-state index contributed by atoms with van der Waals surface area (Å²) in [6.45, 7) is 10.3. The van der Waals surface area contributed by atoms with Crippen LogP contribution in [0.1, 0.15) is 34.6 Å². The fourth-order valence-corrected chi connectivity index (χ4v) is 3.50. The van der Waals surface area contributed by atoms with Gasteiger partial charge in [-0.1, -0.05) is 58.0 Å². The summed E-state index contributed by atoms with van der Waals surface area (Å²) in [6, 6.07) is 5.12. The molecule has 2 rings (SSSR count). The topological polar surface area (TPSA) is 52.0 Å². The van der Waals surface area contributed by atoms with Crippen molar-refractivity contribution in [1.82, 2.24) is 9.55 Å². The van der Waals surface area contributed by atoms with Crippen LogP contribution in [-0.2, 0) is 11.3 Å². The number of hydrogen-bond donors (Lipinski definition) is 0. The van der Waals surface area contributed by atoms with Gasteiger partial charge in [0.2, 0.25) is 0 Å². The third kappa shape index (κ3) is 4.39. The molecule has 0 fully saturated rings. The molecule has 0 atom stereocenters. The van der Waals surface area contributed by atoms with E-state index in [-0.39, 0.29) is 11.3 Å². The van der Waals surface area contributed by atoms with Crippen molar-refractivity contribution in [2.24, 2.45) is 11.3 Å². The SMILES string of the molecule is CC(C)Cn1c(SCC(=O)C(C)(C)C)nc2ccc(Cl)cc2c1=O. The summed E-state index contributed by atoms with van der Waals surface area (Å²) in [5.74, 6) is 0.723. The van der Waals surface area contributed by atoms with Crippen molar-refractivity contribution in [2.45, 2.75) is 46.3 Å². The number of rotatable bonds is 5. The number of fused-ring (bicyclic) bond motifs is 1. The Morgan fingerprint density at radius 2 is 2.00 bits per heavy atom. The van der Waals surface area contributed by atoms with Gasteiger partial charge in [0, 0.05) is 17.0 Å². The zero-order valence-corrected chi connectivity index (χ0v) is 16.3. The number of ketones is 1. The molecule has 0 spiro atoms. The normalized spacial score (nSPS) is 12.1. The largest absolute Gasteiger partial charge is 0.298 e. The number of hydrogen-bond acceptors (Lipinski definition) is 4. The highest BCUT2D eigenvalue weighted by Crippen LogP contribution is 2.24. The first-order valence-electron chi connectivity index (χ1n) is 7.96. The number of thioether (sulfide) groups is 1. The maximum Gasteiger partial charge on any atom is 0.262 e. The van der Waals surface area contributed by atoms with Gasteiger partial charge in [-0.15, -0.1) is 0 Å². The molecule has 6 heteroatoms. The monoisotopic (exact) mass is 366 g/mol. The van der Waals surface area contributed by atoms with Crippen molar-refractivity contribution in [3.05, 3.63) is 33.6 Å². The molecule has 0 unspecified atom stereocenters. The second-order valence-electron chi connectivity index (χ2n) is 7.33. The molecule has 2 aromatic rings. The van der Waals surface area contributed by atoms with Crippen LogP contribution >= 0.6 is 23.4 Å². The van der Waals surface area contributed by atoms with Crippen molar-refractivity contribution < 1.29 is 4.79 Å². The van der Waals surface area contributed by atoms with Crippen molar-refractivity contribution in [3.63, 3.8) is 0 Å². The van der Waals surface area contributed by atoms with Crippen molar-refractivity contribution in [3.8, 4) is 0 Å². The molecule has 0 saturated heterocycles. The highest BCUT2D eigenvalue weighted by Gasteiger charge is 2.22. The van der Waals surface area contributed by atoms with Crippen LogP contribution in [0.2, 0.25) is 5.02 Å². The molecular weight excluding hydrogens is 344 g/mol. The van der Waals surface area contributed by atoms with E-state index < -0.39 is 5.41 Å². The maximum absolute atomic E-state index is 12.8. The summed E-state index contributed by atoms with van der Waals surface area (Å²) in [5, 5.41) is 1.61. The lowest BCUT2D eigenvalue weighted by molar-refractivity contribution is -0.123. The van der Waals surface area contributed by atoms with E-state index in [9.17, 15) is 9.59 Å². The first kappa shape index (κ1) is 19.0. The van der Waals surface area contributed by atoms with Crippen LogP contribution in [0.15, 0.2) is 28.2 Å². The molecule has 4 nitrogen and oxygen atoms in total. The van der Waals surface area contributed by atoms with Gasteiger partial charge in [-0.2, -0.15) is 0 Å². The van der Waals surface area contributed by atoms with Crippen LogP contribution in [0.4, 0.5) is 0 Å². The molecule has 1 heterocycles. The first-order valence-corrected chi connectivity index (χ1v) is 9.32. The molecule has 0 aliphatic heterocycles. The van der Waals surface area contributed by atoms with E-state index in [2.05, 4.69) is 4.98 Å². The lowest BCUT2D eigenvalue weighted by Crippen LogP contribution is -2.27. The third-order valence-electron chi connectivity index (χ3n) is 3.60. The van der Waals surface area contributed by atoms with Crippen LogP contribution in [0.5, 0.6) is 0 Å². The standard InChI is InChI=1S/C18H23ClN2O2S/c1-11(2)9-21-16(23)13-8-12(19)6-7-14(13)20-17(21)24-10-15(22)18(3,4)5/h6-8,11H,9-10H2,1-5H3. The van der Waals surface area contributed by atoms with Gasteiger partial charge in [-0.05, 0) is 24.1 Å². The van der Waals surface area contributed by atoms with Gasteiger partial charge in [0.05, 0.1) is 16.7 Å². The van der Waals surface area contributed by atoms with Crippen molar-refractivity contribution >= 4 is 40.0 Å². The Morgan fingerprint density at radius 1 is 1.33 bits per heavy atom. The van der Waals surface area contributed by atoms with E-state index in [4.69, 9.17) is 11.6 Å². The fourth-order valence-electron chi connectivity index (χ4n) is 2.16. The van der Waals surface area contributed by atoms with Gasteiger partial charge in [0.15, 0.2) is 5.16 Å². The van der Waals surface area contributed by atoms with Gasteiger partial charge in [-0.3, -0.25) is 14.2 Å². The van der Waals surface area contributed by atoms with E-state index in [0.29, 0.717) is 39.3 Å². The van der Waals surface area contributed by atoms with E-state index >= 15 is 0 Å². The smallest absolute Gasteiger partial charge is 0.262 e. The summed E-state index contributed by atoms with van der Waals surface area (Å²) < 4.78 is 1.66. The fraction of sp³-hybridized carbons (Fsp3) is 0.500. The summed E-state index contributed by atoms with van der Waals surface area (Å²) in [5.41, 5.74) is 0.0950. The molecule has 0 bridgehead atoms. The highest BCUT2D eigenvalue weighted by atomic mass is 35.5. The zero-order chi connectivity index (χ0) is 18.1. The average molecular weight is 367 g/mol. The molecule has 0 saturated carbocycles. The minimum Gasteiger partial charge on any atom is -0.298 e. The van der Waals surface area contributed by atoms with E-state index in [1.54, 1.807) is 22.8 Å². The second-order valence-corrected chi connectivity index (χ2v) is 8.71. The summed E-state index contributed by atoms with van der Waals surface area (Å²) >= 11 is 7.34. The molecule has 0 radical (unpaired) electrons. The van der Waals surface area contributed by atoms with Crippen molar-refractivity contribution in [1.29, 1.82) is 0 Å². The Bertz CT molecular complexity index is 822. The van der Waals surface area contributed by atoms with Gasteiger partial charge < -0.3 is 0 Å². The van der Waals surface area contributed by atoms with Gasteiger partial charge in [0.25, 0.3) is 5.56 Å². The van der Waals surface area contributed by atoms with Crippen LogP contribution in [0, 0.1) is 11.3 Å². The molecular formula is C18H23ClN2O2S. The quantitative estimate of drug-likeness (QED) is 0.580. The van der Waals surface area contributed by atoms with Gasteiger partial charge in [0.1, 0.15) is 5.78 Å². The summed E-state index contributed by atoms with van der Waals surface area (Å²) in [6.07, 6.45) is 0. The number of carbonyl (C=O) groups excluding carboxylic acids is 1. The third-order valence-corrected chi connectivity index (χ3v) is 4.81. The van der Waals surface area contributed by atoms with Gasteiger partial charge in [-0.25, -0.2) is 4.98 Å². The molecule has 0 aliphatic rings. The number of carbonyl (C=O) groups is 1. The predicted molar refractivity (Wildman–Crippen MR) is 101 cm³/mol. The molecule has 0 aliphatic carbocycles. The molecule has 24 heavy (non-hydrogen) atoms. The summed E-state index contributed by atoms with van der Waals surface area (Å²) in [4.78, 5) is 29.7. The number of halogens is 1. The molecule has 130 valence electrons.